The highest BCUT2D eigenvalue weighted by atomic mass is 32.2. The summed E-state index contributed by atoms with van der Waals surface area (Å²) in [6, 6.07) is 10.8. The number of nitrogen functional groups attached to an aromatic ring is 1. The number of benzene rings is 1. The molecule has 0 aliphatic rings. The van der Waals surface area contributed by atoms with Crippen LogP contribution in [0.5, 0.6) is 0 Å². The van der Waals surface area contributed by atoms with Gasteiger partial charge >= 0.3 is 5.69 Å². The third-order valence-electron chi connectivity index (χ3n) is 2.93. The molecular formula is C14H10N4O2S. The smallest absolute Gasteiger partial charge is 0.311 e. The average Bonchev–Trinajstić information content (AvgIpc) is 2.47. The molecule has 0 atom stereocenters. The Morgan fingerprint density at radius 3 is 2.81 bits per heavy atom. The van der Waals surface area contributed by atoms with Crippen LogP contribution in [0.25, 0.3) is 10.8 Å². The minimum absolute atomic E-state index is 0.0769. The molecule has 6 nitrogen and oxygen atoms in total. The van der Waals surface area contributed by atoms with Crippen LogP contribution in [0, 0.1) is 10.1 Å². The van der Waals surface area contributed by atoms with E-state index in [1.165, 1.54) is 17.8 Å². The second-order valence-corrected chi connectivity index (χ2v) is 5.33. The number of hydrogen-bond donors (Lipinski definition) is 1. The monoisotopic (exact) mass is 298 g/mol. The van der Waals surface area contributed by atoms with Gasteiger partial charge in [-0.3, -0.25) is 15.1 Å². The van der Waals surface area contributed by atoms with Gasteiger partial charge in [0.25, 0.3) is 0 Å². The number of nitrogens with zero attached hydrogens (tertiary/aromatic N) is 3. The van der Waals surface area contributed by atoms with Gasteiger partial charge in [-0.2, -0.15) is 0 Å². The van der Waals surface area contributed by atoms with Crippen LogP contribution in [0.3, 0.4) is 0 Å². The third kappa shape index (κ3) is 2.63. The number of nitro groups is 1. The summed E-state index contributed by atoms with van der Waals surface area (Å²) >= 11 is 1.41. The van der Waals surface area contributed by atoms with E-state index in [1.54, 1.807) is 18.5 Å². The van der Waals surface area contributed by atoms with E-state index in [1.807, 2.05) is 24.3 Å². The summed E-state index contributed by atoms with van der Waals surface area (Å²) in [5.74, 6) is -0.0769. The molecule has 104 valence electrons. The molecule has 1 aromatic carbocycles. The number of hydrogen-bond acceptors (Lipinski definition) is 6. The van der Waals surface area contributed by atoms with Crippen molar-refractivity contribution < 1.29 is 4.92 Å². The van der Waals surface area contributed by atoms with E-state index in [9.17, 15) is 10.1 Å². The SMILES string of the molecule is Nc1nc(Sc2cccc3cnccc23)ccc1[N+](=O)[O-]. The summed E-state index contributed by atoms with van der Waals surface area (Å²) < 4.78 is 0. The molecule has 2 N–H and O–H groups in total. The molecular weight excluding hydrogens is 288 g/mol. The van der Waals surface area contributed by atoms with E-state index in [4.69, 9.17) is 5.73 Å². The first kappa shape index (κ1) is 13.3. The minimum atomic E-state index is -0.541. The summed E-state index contributed by atoms with van der Waals surface area (Å²) in [5.41, 5.74) is 5.43. The van der Waals surface area contributed by atoms with Crippen LogP contribution >= 0.6 is 11.8 Å². The third-order valence-corrected chi connectivity index (χ3v) is 3.94. The van der Waals surface area contributed by atoms with E-state index >= 15 is 0 Å². The molecule has 21 heavy (non-hydrogen) atoms. The quantitative estimate of drug-likeness (QED) is 0.589. The van der Waals surface area contributed by atoms with Gasteiger partial charge in [0.15, 0.2) is 0 Å². The predicted octanol–water partition coefficient (Wildman–Crippen LogP) is 3.27. The Hall–Kier alpha value is -2.67. The van der Waals surface area contributed by atoms with Gasteiger partial charge in [0, 0.05) is 28.7 Å². The van der Waals surface area contributed by atoms with Crippen molar-refractivity contribution in [3.05, 3.63) is 58.9 Å². The van der Waals surface area contributed by atoms with Crippen molar-refractivity contribution in [1.82, 2.24) is 9.97 Å². The topological polar surface area (TPSA) is 94.9 Å². The Balaban J connectivity index is 1.99. The first-order chi connectivity index (χ1) is 10.1. The average molecular weight is 298 g/mol. The van der Waals surface area contributed by atoms with Crippen molar-refractivity contribution in [2.45, 2.75) is 9.92 Å². The Morgan fingerprint density at radius 1 is 1.19 bits per heavy atom. The highest BCUT2D eigenvalue weighted by Gasteiger charge is 2.13. The van der Waals surface area contributed by atoms with Gasteiger partial charge in [-0.05, 0) is 23.6 Å². The van der Waals surface area contributed by atoms with Crippen LogP contribution in [0.15, 0.2) is 58.7 Å². The van der Waals surface area contributed by atoms with Crippen molar-refractivity contribution in [2.24, 2.45) is 0 Å². The van der Waals surface area contributed by atoms with Crippen LogP contribution in [-0.4, -0.2) is 14.9 Å². The normalized spacial score (nSPS) is 10.7. The first-order valence-corrected chi connectivity index (χ1v) is 6.88. The molecule has 0 spiro atoms. The summed E-state index contributed by atoms with van der Waals surface area (Å²) in [7, 11) is 0. The molecule has 0 unspecified atom stereocenters. The largest absolute Gasteiger partial charge is 0.378 e. The highest BCUT2D eigenvalue weighted by Crippen LogP contribution is 2.33. The number of aromatic nitrogens is 2. The van der Waals surface area contributed by atoms with Crippen LogP contribution in [0.4, 0.5) is 11.5 Å². The predicted molar refractivity (Wildman–Crippen MR) is 81.2 cm³/mol. The zero-order valence-corrected chi connectivity index (χ0v) is 11.6. The van der Waals surface area contributed by atoms with Crippen LogP contribution in [-0.2, 0) is 0 Å². The molecule has 0 fully saturated rings. The fraction of sp³-hybridized carbons (Fsp3) is 0. The molecule has 2 heterocycles. The molecule has 0 radical (unpaired) electrons. The summed E-state index contributed by atoms with van der Waals surface area (Å²) in [6.45, 7) is 0. The first-order valence-electron chi connectivity index (χ1n) is 6.06. The van der Waals surface area contributed by atoms with E-state index < -0.39 is 4.92 Å². The van der Waals surface area contributed by atoms with Gasteiger partial charge < -0.3 is 5.73 Å². The standard InChI is InChI=1S/C14H10N4O2S/c15-14-11(18(19)20)4-5-13(17-14)21-12-3-1-2-9-8-16-7-6-10(9)12/h1-8H,(H2,15,17). The number of nitrogens with two attached hydrogens (primary N) is 1. The maximum absolute atomic E-state index is 10.7. The van der Waals surface area contributed by atoms with Gasteiger partial charge in [-0.1, -0.05) is 23.9 Å². The molecule has 0 aliphatic carbocycles. The summed E-state index contributed by atoms with van der Waals surface area (Å²) in [4.78, 5) is 19.4. The highest BCUT2D eigenvalue weighted by molar-refractivity contribution is 7.99. The second-order valence-electron chi connectivity index (χ2n) is 4.27. The summed E-state index contributed by atoms with van der Waals surface area (Å²) in [5, 5.41) is 13.4. The molecule has 0 amide bonds. The maximum Gasteiger partial charge on any atom is 0.311 e. The Kier molecular flexibility index (Phi) is 3.41. The second kappa shape index (κ2) is 5.37. The molecule has 0 aliphatic heterocycles. The lowest BCUT2D eigenvalue weighted by molar-refractivity contribution is -0.384. The van der Waals surface area contributed by atoms with E-state index in [0.717, 1.165) is 15.7 Å². The van der Waals surface area contributed by atoms with Gasteiger partial charge in [0.05, 0.1) is 4.92 Å². The molecule has 7 heteroatoms. The van der Waals surface area contributed by atoms with Crippen molar-refractivity contribution in [2.75, 3.05) is 5.73 Å². The van der Waals surface area contributed by atoms with Gasteiger partial charge in [-0.15, -0.1) is 0 Å². The molecule has 0 bridgehead atoms. The lowest BCUT2D eigenvalue weighted by atomic mass is 10.2. The van der Waals surface area contributed by atoms with E-state index in [2.05, 4.69) is 9.97 Å². The van der Waals surface area contributed by atoms with Gasteiger partial charge in [0.2, 0.25) is 5.82 Å². The Morgan fingerprint density at radius 2 is 2.05 bits per heavy atom. The minimum Gasteiger partial charge on any atom is -0.378 e. The van der Waals surface area contributed by atoms with Crippen molar-refractivity contribution in [3.63, 3.8) is 0 Å². The lowest BCUT2D eigenvalue weighted by Gasteiger charge is -2.06. The van der Waals surface area contributed by atoms with Gasteiger partial charge in [-0.25, -0.2) is 4.98 Å². The zero-order valence-electron chi connectivity index (χ0n) is 10.8. The van der Waals surface area contributed by atoms with E-state index in [0.29, 0.717) is 5.03 Å². The van der Waals surface area contributed by atoms with E-state index in [-0.39, 0.29) is 11.5 Å². The molecule has 2 aromatic heterocycles. The van der Waals surface area contributed by atoms with Gasteiger partial charge in [0.1, 0.15) is 5.03 Å². The maximum atomic E-state index is 10.7. The van der Waals surface area contributed by atoms with Crippen molar-refractivity contribution in [1.29, 1.82) is 0 Å². The fourth-order valence-corrected chi connectivity index (χ4v) is 2.90. The van der Waals surface area contributed by atoms with Crippen LogP contribution in [0.1, 0.15) is 0 Å². The number of anilines is 1. The molecule has 3 aromatic rings. The summed E-state index contributed by atoms with van der Waals surface area (Å²) in [6.07, 6.45) is 3.51. The fourth-order valence-electron chi connectivity index (χ4n) is 1.95. The van der Waals surface area contributed by atoms with Crippen LogP contribution < -0.4 is 5.73 Å². The van der Waals surface area contributed by atoms with Crippen molar-refractivity contribution in [3.8, 4) is 0 Å². The Labute approximate surface area is 124 Å². The van der Waals surface area contributed by atoms with Crippen molar-refractivity contribution >= 4 is 34.0 Å². The number of rotatable bonds is 3. The number of pyridine rings is 2. The molecule has 0 saturated carbocycles. The zero-order chi connectivity index (χ0) is 14.8. The molecule has 3 rings (SSSR count). The number of fused-ring (bicyclic) bond motifs is 1. The lowest BCUT2D eigenvalue weighted by Crippen LogP contribution is -1.98. The van der Waals surface area contributed by atoms with Crippen LogP contribution in [0.2, 0.25) is 0 Å². The Bertz CT molecular complexity index is 833. The molecule has 0 saturated heterocycles.